The molecule has 37 heavy (non-hydrogen) atoms. The van der Waals surface area contributed by atoms with Crippen LogP contribution in [-0.4, -0.2) is 82.5 Å². The highest BCUT2D eigenvalue weighted by molar-refractivity contribution is 7.99. The van der Waals surface area contributed by atoms with E-state index in [1.165, 1.54) is 30.7 Å². The van der Waals surface area contributed by atoms with Crippen LogP contribution in [0.1, 0.15) is 23.4 Å². The Bertz CT molecular complexity index is 1090. The standard InChI is InChI=1S/C26H31N3O7S/c1-16(27-21(30)14-36-2)24(33)29-20(15-37-25(29)18-11-7-4-8-12-18)23(32)28-19(22(31)26(34)35)13-17-9-5-3-6-10-17/h3-12,16,19-20,22,25,31H,13-15H2,1-2H3,(H,27,30)(H,28,32)(H,34,35)/t16-,19-,20-,22?,25?/m0/s1. The van der Waals surface area contributed by atoms with E-state index in [0.717, 1.165) is 11.1 Å². The van der Waals surface area contributed by atoms with Gasteiger partial charge in [-0.3, -0.25) is 14.4 Å². The minimum absolute atomic E-state index is 0.0828. The molecule has 198 valence electrons. The molecule has 11 heteroatoms. The Balaban J connectivity index is 1.86. The third-order valence-corrected chi connectivity index (χ3v) is 7.25. The van der Waals surface area contributed by atoms with E-state index in [0.29, 0.717) is 0 Å². The SMILES string of the molecule is COCC(=O)N[C@@H](C)C(=O)N1C(c2ccccc2)SC[C@H]1C(=O)N[C@@H](Cc1ccccc1)C(O)C(=O)O. The first kappa shape index (κ1) is 28.2. The summed E-state index contributed by atoms with van der Waals surface area (Å²) in [6, 6.07) is 15.1. The normalized spacial score (nSPS) is 19.5. The Morgan fingerprint density at radius 1 is 1.05 bits per heavy atom. The lowest BCUT2D eigenvalue weighted by Crippen LogP contribution is -2.57. The third kappa shape index (κ3) is 7.31. The molecule has 2 unspecified atom stereocenters. The molecule has 0 spiro atoms. The molecule has 3 rings (SSSR count). The number of carboxylic acid groups (broad SMARTS) is 1. The molecule has 5 atom stereocenters. The van der Waals surface area contributed by atoms with Crippen molar-refractivity contribution in [3.8, 4) is 0 Å². The van der Waals surface area contributed by atoms with E-state index in [9.17, 15) is 29.4 Å². The zero-order valence-corrected chi connectivity index (χ0v) is 21.4. The monoisotopic (exact) mass is 529 g/mol. The fourth-order valence-corrected chi connectivity index (χ4v) is 5.55. The predicted molar refractivity (Wildman–Crippen MR) is 137 cm³/mol. The highest BCUT2D eigenvalue weighted by Crippen LogP contribution is 2.41. The number of benzene rings is 2. The number of aliphatic carboxylic acids is 1. The van der Waals surface area contributed by atoms with Crippen LogP contribution in [0, 0.1) is 0 Å². The Labute approximate surface area is 219 Å². The first-order chi connectivity index (χ1) is 17.7. The number of hydrogen-bond donors (Lipinski definition) is 4. The summed E-state index contributed by atoms with van der Waals surface area (Å²) in [5.41, 5.74) is 1.54. The van der Waals surface area contributed by atoms with Crippen molar-refractivity contribution in [1.29, 1.82) is 0 Å². The maximum Gasteiger partial charge on any atom is 0.334 e. The summed E-state index contributed by atoms with van der Waals surface area (Å²) in [5, 5.41) is 24.5. The number of rotatable bonds is 11. The maximum atomic E-state index is 13.5. The summed E-state index contributed by atoms with van der Waals surface area (Å²) in [5.74, 6) is -2.75. The van der Waals surface area contributed by atoms with Crippen molar-refractivity contribution < 1.29 is 34.1 Å². The van der Waals surface area contributed by atoms with Gasteiger partial charge < -0.3 is 30.5 Å². The average molecular weight is 530 g/mol. The molecule has 1 aliphatic heterocycles. The van der Waals surface area contributed by atoms with Crippen LogP contribution >= 0.6 is 11.8 Å². The number of carbonyl (C=O) groups is 4. The summed E-state index contributed by atoms with van der Waals surface area (Å²) >= 11 is 1.39. The lowest BCUT2D eigenvalue weighted by atomic mass is 10.0. The molecule has 3 amide bonds. The van der Waals surface area contributed by atoms with Gasteiger partial charge >= 0.3 is 5.97 Å². The van der Waals surface area contributed by atoms with Gasteiger partial charge in [-0.25, -0.2) is 4.79 Å². The number of carbonyl (C=O) groups excluding carboxylic acids is 3. The quantitative estimate of drug-likeness (QED) is 0.337. The molecule has 0 bridgehead atoms. The van der Waals surface area contributed by atoms with Gasteiger partial charge in [0.2, 0.25) is 17.7 Å². The number of nitrogens with zero attached hydrogens (tertiary/aromatic N) is 1. The Hall–Kier alpha value is -3.41. The summed E-state index contributed by atoms with van der Waals surface area (Å²) in [4.78, 5) is 52.0. The van der Waals surface area contributed by atoms with Gasteiger partial charge in [0.15, 0.2) is 6.10 Å². The molecular weight excluding hydrogens is 498 g/mol. The number of nitrogens with one attached hydrogen (secondary N) is 2. The molecule has 4 N–H and O–H groups in total. The van der Waals surface area contributed by atoms with E-state index in [-0.39, 0.29) is 18.8 Å². The highest BCUT2D eigenvalue weighted by Gasteiger charge is 2.44. The molecule has 0 radical (unpaired) electrons. The number of thioether (sulfide) groups is 1. The van der Waals surface area contributed by atoms with Crippen molar-refractivity contribution in [1.82, 2.24) is 15.5 Å². The molecular formula is C26H31N3O7S. The van der Waals surface area contributed by atoms with Crippen LogP contribution in [0.5, 0.6) is 0 Å². The third-order valence-electron chi connectivity index (χ3n) is 5.93. The van der Waals surface area contributed by atoms with Gasteiger partial charge in [-0.1, -0.05) is 60.7 Å². The van der Waals surface area contributed by atoms with Gasteiger partial charge in [-0.2, -0.15) is 0 Å². The molecule has 1 fully saturated rings. The van der Waals surface area contributed by atoms with Gasteiger partial charge in [0, 0.05) is 12.9 Å². The molecule has 0 aromatic heterocycles. The largest absolute Gasteiger partial charge is 0.479 e. The van der Waals surface area contributed by atoms with E-state index in [4.69, 9.17) is 4.74 Å². The Morgan fingerprint density at radius 2 is 1.68 bits per heavy atom. The topological polar surface area (TPSA) is 145 Å². The van der Waals surface area contributed by atoms with Crippen LogP contribution in [0.3, 0.4) is 0 Å². The van der Waals surface area contributed by atoms with Crippen molar-refractivity contribution >= 4 is 35.5 Å². The van der Waals surface area contributed by atoms with Crippen molar-refractivity contribution in [2.45, 2.75) is 42.9 Å². The lowest BCUT2D eigenvalue weighted by molar-refractivity contribution is -0.149. The van der Waals surface area contributed by atoms with Gasteiger partial charge in [0.05, 0.1) is 6.04 Å². The second-order valence-electron chi connectivity index (χ2n) is 8.67. The van der Waals surface area contributed by atoms with Crippen LogP contribution in [0.4, 0.5) is 0 Å². The van der Waals surface area contributed by atoms with E-state index in [1.54, 1.807) is 30.3 Å². The summed E-state index contributed by atoms with van der Waals surface area (Å²) in [7, 11) is 1.37. The van der Waals surface area contributed by atoms with Gasteiger partial charge in [0.1, 0.15) is 24.1 Å². The molecule has 1 saturated heterocycles. The van der Waals surface area contributed by atoms with Gasteiger partial charge in [-0.05, 0) is 24.5 Å². The minimum atomic E-state index is -1.85. The number of aliphatic hydroxyl groups excluding tert-OH is 1. The molecule has 1 aliphatic rings. The number of amides is 3. The van der Waals surface area contributed by atoms with Gasteiger partial charge in [0.25, 0.3) is 0 Å². The zero-order valence-electron chi connectivity index (χ0n) is 20.6. The molecule has 2 aromatic carbocycles. The number of hydrogen-bond acceptors (Lipinski definition) is 7. The van der Waals surface area contributed by atoms with Crippen molar-refractivity contribution in [2.75, 3.05) is 19.5 Å². The van der Waals surface area contributed by atoms with Crippen molar-refractivity contribution in [3.63, 3.8) is 0 Å². The molecule has 10 nitrogen and oxygen atoms in total. The molecule has 0 saturated carbocycles. The fraction of sp³-hybridized carbons (Fsp3) is 0.385. The predicted octanol–water partition coefficient (Wildman–Crippen LogP) is 0.953. The highest BCUT2D eigenvalue weighted by atomic mass is 32.2. The fourth-order valence-electron chi connectivity index (χ4n) is 4.11. The van der Waals surface area contributed by atoms with E-state index >= 15 is 0 Å². The lowest BCUT2D eigenvalue weighted by Gasteiger charge is -2.32. The van der Waals surface area contributed by atoms with Crippen LogP contribution < -0.4 is 10.6 Å². The second kappa shape index (κ2) is 13.2. The van der Waals surface area contributed by atoms with E-state index in [2.05, 4.69) is 10.6 Å². The summed E-state index contributed by atoms with van der Waals surface area (Å²) in [6.45, 7) is 1.31. The Kier molecular flexibility index (Phi) is 10.1. The zero-order chi connectivity index (χ0) is 26.9. The number of carboxylic acids is 1. The van der Waals surface area contributed by atoms with Gasteiger partial charge in [-0.15, -0.1) is 11.8 Å². The Morgan fingerprint density at radius 3 is 2.27 bits per heavy atom. The number of aliphatic hydroxyl groups is 1. The molecule has 2 aromatic rings. The summed E-state index contributed by atoms with van der Waals surface area (Å²) in [6.07, 6.45) is -1.76. The van der Waals surface area contributed by atoms with E-state index in [1.807, 2.05) is 30.3 Å². The van der Waals surface area contributed by atoms with Crippen molar-refractivity contribution in [3.05, 3.63) is 71.8 Å². The number of ether oxygens (including phenoxy) is 1. The summed E-state index contributed by atoms with van der Waals surface area (Å²) < 4.78 is 4.82. The van der Waals surface area contributed by atoms with Crippen LogP contribution in [0.15, 0.2) is 60.7 Å². The van der Waals surface area contributed by atoms with Crippen LogP contribution in [0.2, 0.25) is 0 Å². The minimum Gasteiger partial charge on any atom is -0.479 e. The average Bonchev–Trinajstić information content (AvgIpc) is 3.34. The molecule has 1 heterocycles. The second-order valence-corrected chi connectivity index (χ2v) is 9.78. The van der Waals surface area contributed by atoms with Crippen LogP contribution in [0.25, 0.3) is 0 Å². The van der Waals surface area contributed by atoms with E-state index < -0.39 is 53.3 Å². The van der Waals surface area contributed by atoms with Crippen molar-refractivity contribution in [2.24, 2.45) is 0 Å². The first-order valence-corrected chi connectivity index (χ1v) is 12.8. The first-order valence-electron chi connectivity index (χ1n) is 11.7. The van der Waals surface area contributed by atoms with Crippen LogP contribution in [-0.2, 0) is 30.3 Å². The molecule has 0 aliphatic carbocycles. The number of methoxy groups -OCH3 is 1. The maximum absolute atomic E-state index is 13.5. The smallest absolute Gasteiger partial charge is 0.334 e.